The summed E-state index contributed by atoms with van der Waals surface area (Å²) in [5, 5.41) is 2.60. The van der Waals surface area contributed by atoms with Crippen LogP contribution in [0.5, 0.6) is 11.5 Å². The van der Waals surface area contributed by atoms with E-state index in [-0.39, 0.29) is 29.8 Å². The number of alkyl halides is 2. The molecule has 0 aromatic heterocycles. The summed E-state index contributed by atoms with van der Waals surface area (Å²) in [6, 6.07) is 10.4. The number of fused-ring (bicyclic) bond motifs is 1. The summed E-state index contributed by atoms with van der Waals surface area (Å²) in [4.78, 5) is 12.9. The van der Waals surface area contributed by atoms with Gasteiger partial charge in [-0.05, 0) is 18.2 Å². The number of carbonyl (C=O) groups is 1. The molecule has 8 heteroatoms. The average molecular weight is 353 g/mol. The van der Waals surface area contributed by atoms with Crippen LogP contribution in [-0.2, 0) is 11.3 Å². The van der Waals surface area contributed by atoms with Crippen LogP contribution in [0.3, 0.4) is 0 Å². The number of halogens is 3. The van der Waals surface area contributed by atoms with Gasteiger partial charge in [0.2, 0.25) is 0 Å². The van der Waals surface area contributed by atoms with Crippen molar-refractivity contribution in [3.8, 4) is 11.5 Å². The molecule has 0 radical (unpaired) electrons. The van der Waals surface area contributed by atoms with Crippen molar-refractivity contribution in [2.24, 2.45) is 0 Å². The Hall–Kier alpha value is -2.74. The van der Waals surface area contributed by atoms with Crippen molar-refractivity contribution in [3.63, 3.8) is 0 Å². The lowest BCUT2D eigenvalue weighted by Gasteiger charge is -2.14. The Morgan fingerprint density at radius 1 is 1.16 bits per heavy atom. The molecule has 0 bridgehead atoms. The second kappa shape index (κ2) is 6.64. The van der Waals surface area contributed by atoms with E-state index < -0.39 is 6.29 Å². The highest BCUT2D eigenvalue weighted by atomic mass is 19.3. The van der Waals surface area contributed by atoms with Gasteiger partial charge < -0.3 is 19.7 Å². The highest BCUT2D eigenvalue weighted by molar-refractivity contribution is 5.91. The molecule has 2 aromatic rings. The van der Waals surface area contributed by atoms with Crippen molar-refractivity contribution in [2.45, 2.75) is 12.8 Å². The van der Waals surface area contributed by atoms with Gasteiger partial charge in [0.15, 0.2) is 18.0 Å². The van der Waals surface area contributed by atoms with Gasteiger partial charge in [-0.2, -0.15) is 0 Å². The van der Waals surface area contributed by atoms with Crippen LogP contribution in [0.15, 0.2) is 42.5 Å². The highest BCUT2D eigenvalue weighted by Crippen LogP contribution is 2.42. The van der Waals surface area contributed by atoms with E-state index in [1.807, 2.05) is 0 Å². The number of quaternary nitrogens is 1. The molecule has 1 amide bonds. The first-order valence-corrected chi connectivity index (χ1v) is 7.57. The SMILES string of the molecule is C[NH+](CC(=O)Nc1ccc2c(c1)OC(F)(F)O2)Cc1ccccc1F. The number of hydrogen-bond donors (Lipinski definition) is 2. The number of carbonyl (C=O) groups excluding carboxylic acids is 1. The molecule has 1 atom stereocenters. The van der Waals surface area contributed by atoms with Crippen LogP contribution in [0.1, 0.15) is 5.56 Å². The summed E-state index contributed by atoms with van der Waals surface area (Å²) in [7, 11) is 1.76. The number of benzene rings is 2. The first-order valence-electron chi connectivity index (χ1n) is 7.57. The lowest BCUT2D eigenvalue weighted by Crippen LogP contribution is -3.08. The van der Waals surface area contributed by atoms with Gasteiger partial charge in [-0.15, -0.1) is 8.78 Å². The van der Waals surface area contributed by atoms with Crippen molar-refractivity contribution in [1.29, 1.82) is 0 Å². The molecule has 25 heavy (non-hydrogen) atoms. The molecule has 0 aliphatic carbocycles. The van der Waals surface area contributed by atoms with Gasteiger partial charge in [0.1, 0.15) is 12.4 Å². The zero-order valence-electron chi connectivity index (χ0n) is 13.3. The molecule has 5 nitrogen and oxygen atoms in total. The number of rotatable bonds is 5. The summed E-state index contributed by atoms with van der Waals surface area (Å²) in [5.41, 5.74) is 0.821. The van der Waals surface area contributed by atoms with Crippen LogP contribution < -0.4 is 19.7 Å². The van der Waals surface area contributed by atoms with E-state index in [0.717, 1.165) is 4.90 Å². The van der Waals surface area contributed by atoms with Crippen molar-refractivity contribution in [2.75, 3.05) is 18.9 Å². The van der Waals surface area contributed by atoms with Crippen LogP contribution in [0.25, 0.3) is 0 Å². The zero-order chi connectivity index (χ0) is 18.0. The molecule has 0 fully saturated rings. The van der Waals surface area contributed by atoms with Crippen LogP contribution in [-0.4, -0.2) is 25.8 Å². The Morgan fingerprint density at radius 3 is 2.64 bits per heavy atom. The van der Waals surface area contributed by atoms with E-state index in [9.17, 15) is 18.0 Å². The molecule has 1 heterocycles. The number of ether oxygens (including phenoxy) is 2. The van der Waals surface area contributed by atoms with Gasteiger partial charge >= 0.3 is 6.29 Å². The van der Waals surface area contributed by atoms with E-state index >= 15 is 0 Å². The smallest absolute Gasteiger partial charge is 0.395 e. The fraction of sp³-hybridized carbons (Fsp3) is 0.235. The summed E-state index contributed by atoms with van der Waals surface area (Å²) in [5.74, 6) is -0.890. The maximum atomic E-state index is 13.6. The van der Waals surface area contributed by atoms with Crippen molar-refractivity contribution >= 4 is 11.6 Å². The zero-order valence-corrected chi connectivity index (χ0v) is 13.3. The molecular weight excluding hydrogens is 337 g/mol. The van der Waals surface area contributed by atoms with Crippen LogP contribution in [0.4, 0.5) is 18.9 Å². The number of anilines is 1. The topological polar surface area (TPSA) is 52.0 Å². The monoisotopic (exact) mass is 353 g/mol. The van der Waals surface area contributed by atoms with Gasteiger partial charge in [-0.1, -0.05) is 18.2 Å². The Balaban J connectivity index is 1.57. The second-order valence-electron chi connectivity index (χ2n) is 5.78. The predicted octanol–water partition coefficient (Wildman–Crippen LogP) is 1.80. The lowest BCUT2D eigenvalue weighted by atomic mass is 10.2. The maximum Gasteiger partial charge on any atom is 0.586 e. The minimum absolute atomic E-state index is 0.0823. The van der Waals surface area contributed by atoms with Crippen LogP contribution >= 0.6 is 0 Å². The van der Waals surface area contributed by atoms with Gasteiger partial charge in [-0.25, -0.2) is 4.39 Å². The summed E-state index contributed by atoms with van der Waals surface area (Å²) >= 11 is 0. The van der Waals surface area contributed by atoms with Gasteiger partial charge in [0.05, 0.1) is 7.05 Å². The van der Waals surface area contributed by atoms with E-state index in [0.29, 0.717) is 17.8 Å². The first kappa shape index (κ1) is 17.1. The van der Waals surface area contributed by atoms with Gasteiger partial charge in [0, 0.05) is 17.3 Å². The maximum absolute atomic E-state index is 13.6. The third kappa shape index (κ3) is 4.21. The number of nitrogens with one attached hydrogen (secondary N) is 2. The first-order chi connectivity index (χ1) is 11.8. The molecule has 0 saturated heterocycles. The largest absolute Gasteiger partial charge is 0.586 e. The molecule has 0 spiro atoms. The third-order valence-corrected chi connectivity index (χ3v) is 3.60. The molecule has 2 N–H and O–H groups in total. The van der Waals surface area contributed by atoms with E-state index in [2.05, 4.69) is 14.8 Å². The Morgan fingerprint density at radius 2 is 1.88 bits per heavy atom. The van der Waals surface area contributed by atoms with Gasteiger partial charge in [-0.3, -0.25) is 4.79 Å². The standard InChI is InChI=1S/C17H15F3N2O3/c1-22(9-11-4-2-3-5-13(11)18)10-16(23)21-12-6-7-14-15(8-12)25-17(19,20)24-14/h2-8H,9-10H2,1H3,(H,21,23)/p+1. The molecule has 1 unspecified atom stereocenters. The minimum atomic E-state index is -3.70. The Bertz CT molecular complexity index is 798. The van der Waals surface area contributed by atoms with Crippen LogP contribution in [0.2, 0.25) is 0 Å². The minimum Gasteiger partial charge on any atom is -0.395 e. The van der Waals surface area contributed by atoms with Crippen molar-refractivity contribution < 1.29 is 32.3 Å². The third-order valence-electron chi connectivity index (χ3n) is 3.60. The average Bonchev–Trinajstić information content (AvgIpc) is 2.82. The fourth-order valence-corrected chi connectivity index (χ4v) is 2.54. The van der Waals surface area contributed by atoms with Crippen molar-refractivity contribution in [3.05, 3.63) is 53.8 Å². The normalized spacial score (nSPS) is 15.7. The lowest BCUT2D eigenvalue weighted by molar-refractivity contribution is -0.885. The highest BCUT2D eigenvalue weighted by Gasteiger charge is 2.43. The summed E-state index contributed by atoms with van der Waals surface area (Å²) in [6.07, 6.45) is -3.70. The van der Waals surface area contributed by atoms with Crippen molar-refractivity contribution in [1.82, 2.24) is 0 Å². The summed E-state index contributed by atoms with van der Waals surface area (Å²) < 4.78 is 48.2. The Kier molecular flexibility index (Phi) is 4.54. The van der Waals surface area contributed by atoms with Gasteiger partial charge in [0.25, 0.3) is 5.91 Å². The quantitative estimate of drug-likeness (QED) is 0.862. The van der Waals surface area contributed by atoms with Crippen LogP contribution in [0, 0.1) is 5.82 Å². The second-order valence-corrected chi connectivity index (χ2v) is 5.78. The Labute approximate surface area is 142 Å². The number of hydrogen-bond acceptors (Lipinski definition) is 3. The molecule has 132 valence electrons. The summed E-state index contributed by atoms with van der Waals surface area (Å²) in [6.45, 7) is 0.423. The molecule has 2 aromatic carbocycles. The molecular formula is C17H16F3N2O3+. The van der Waals surface area contributed by atoms with E-state index in [1.54, 1.807) is 25.2 Å². The molecule has 1 aliphatic rings. The van der Waals surface area contributed by atoms with E-state index in [1.165, 1.54) is 24.3 Å². The molecule has 1 aliphatic heterocycles. The fourth-order valence-electron chi connectivity index (χ4n) is 2.54. The number of amides is 1. The van der Waals surface area contributed by atoms with E-state index in [4.69, 9.17) is 0 Å². The number of likely N-dealkylation sites (N-methyl/N-ethyl adjacent to an activating group) is 1. The molecule has 3 rings (SSSR count). The molecule has 0 saturated carbocycles. The predicted molar refractivity (Wildman–Crippen MR) is 83.1 cm³/mol.